The summed E-state index contributed by atoms with van der Waals surface area (Å²) in [5, 5.41) is 3.77. The summed E-state index contributed by atoms with van der Waals surface area (Å²) in [6, 6.07) is 5.49. The van der Waals surface area contributed by atoms with Crippen molar-refractivity contribution in [3.63, 3.8) is 0 Å². The Labute approximate surface area is 130 Å². The van der Waals surface area contributed by atoms with Gasteiger partial charge in [-0.25, -0.2) is 8.42 Å². The Bertz CT molecular complexity index is 779. The van der Waals surface area contributed by atoms with E-state index in [9.17, 15) is 8.42 Å². The molecule has 2 aromatic rings. The third-order valence-corrected chi connectivity index (χ3v) is 6.14. The van der Waals surface area contributed by atoms with Crippen molar-refractivity contribution in [2.24, 2.45) is 0 Å². The fourth-order valence-electron chi connectivity index (χ4n) is 3.03. The SMILES string of the molecule is Cc1cccc(C2CCCN2S(=O)(=O)c2c(C)noc2C)n1. The van der Waals surface area contributed by atoms with Gasteiger partial charge in [0.15, 0.2) is 5.76 Å². The van der Waals surface area contributed by atoms with Gasteiger partial charge in [-0.15, -0.1) is 0 Å². The summed E-state index contributed by atoms with van der Waals surface area (Å²) in [6.45, 7) is 5.68. The molecule has 1 fully saturated rings. The second-order valence-corrected chi connectivity index (χ2v) is 7.46. The van der Waals surface area contributed by atoms with Gasteiger partial charge in [0.25, 0.3) is 0 Å². The molecule has 7 heteroatoms. The lowest BCUT2D eigenvalue weighted by molar-refractivity contribution is 0.381. The van der Waals surface area contributed by atoms with Gasteiger partial charge in [-0.2, -0.15) is 4.31 Å². The number of rotatable bonds is 3. The van der Waals surface area contributed by atoms with Crippen LogP contribution in [-0.2, 0) is 10.0 Å². The molecule has 0 saturated carbocycles. The van der Waals surface area contributed by atoms with Crippen LogP contribution in [0.4, 0.5) is 0 Å². The first-order chi connectivity index (χ1) is 10.4. The van der Waals surface area contributed by atoms with Crippen molar-refractivity contribution in [3.05, 3.63) is 41.0 Å². The predicted molar refractivity (Wildman–Crippen MR) is 80.8 cm³/mol. The Morgan fingerprint density at radius 1 is 1.27 bits per heavy atom. The zero-order valence-corrected chi connectivity index (χ0v) is 13.7. The molecule has 0 aromatic carbocycles. The molecule has 0 bridgehead atoms. The first-order valence-corrected chi connectivity index (χ1v) is 8.73. The van der Waals surface area contributed by atoms with E-state index >= 15 is 0 Å². The van der Waals surface area contributed by atoms with Crippen LogP contribution in [0.3, 0.4) is 0 Å². The van der Waals surface area contributed by atoms with Gasteiger partial charge in [-0.3, -0.25) is 4.98 Å². The van der Waals surface area contributed by atoms with Crippen LogP contribution < -0.4 is 0 Å². The van der Waals surface area contributed by atoms with Crippen LogP contribution in [0.2, 0.25) is 0 Å². The van der Waals surface area contributed by atoms with E-state index in [2.05, 4.69) is 10.1 Å². The van der Waals surface area contributed by atoms with E-state index in [0.29, 0.717) is 18.0 Å². The summed E-state index contributed by atoms with van der Waals surface area (Å²) < 4.78 is 32.6. The maximum atomic E-state index is 13.0. The monoisotopic (exact) mass is 321 g/mol. The molecule has 1 aliphatic rings. The number of nitrogens with zero attached hydrogens (tertiary/aromatic N) is 3. The van der Waals surface area contributed by atoms with E-state index < -0.39 is 10.0 Å². The summed E-state index contributed by atoms with van der Waals surface area (Å²) in [7, 11) is -3.63. The highest BCUT2D eigenvalue weighted by Crippen LogP contribution is 2.37. The molecule has 22 heavy (non-hydrogen) atoms. The second-order valence-electron chi connectivity index (χ2n) is 5.63. The fourth-order valence-corrected chi connectivity index (χ4v) is 5.00. The van der Waals surface area contributed by atoms with Gasteiger partial charge >= 0.3 is 0 Å². The molecule has 1 atom stereocenters. The van der Waals surface area contributed by atoms with Crippen molar-refractivity contribution in [3.8, 4) is 0 Å². The Morgan fingerprint density at radius 2 is 2.05 bits per heavy atom. The number of aryl methyl sites for hydroxylation is 3. The first kappa shape index (κ1) is 15.2. The summed E-state index contributed by atoms with van der Waals surface area (Å²) in [5.74, 6) is 0.334. The number of pyridine rings is 1. The lowest BCUT2D eigenvalue weighted by Crippen LogP contribution is -2.31. The molecule has 0 radical (unpaired) electrons. The van der Waals surface area contributed by atoms with E-state index in [1.54, 1.807) is 13.8 Å². The van der Waals surface area contributed by atoms with Crippen LogP contribution in [0.1, 0.15) is 41.7 Å². The summed E-state index contributed by atoms with van der Waals surface area (Å²) in [4.78, 5) is 4.69. The average molecular weight is 321 g/mol. The van der Waals surface area contributed by atoms with Crippen LogP contribution >= 0.6 is 0 Å². The molecule has 118 valence electrons. The smallest absolute Gasteiger partial charge is 0.249 e. The fraction of sp³-hybridized carbons (Fsp3) is 0.467. The lowest BCUT2D eigenvalue weighted by Gasteiger charge is -2.23. The molecule has 0 amide bonds. The molecule has 0 spiro atoms. The maximum absolute atomic E-state index is 13.0. The molecule has 3 heterocycles. The highest BCUT2D eigenvalue weighted by atomic mass is 32.2. The van der Waals surface area contributed by atoms with Crippen molar-refractivity contribution in [1.82, 2.24) is 14.4 Å². The topological polar surface area (TPSA) is 76.3 Å². The molecule has 0 N–H and O–H groups in total. The van der Waals surface area contributed by atoms with Crippen molar-refractivity contribution in [2.45, 2.75) is 44.6 Å². The number of aromatic nitrogens is 2. The van der Waals surface area contributed by atoms with Crippen molar-refractivity contribution in [2.75, 3.05) is 6.54 Å². The van der Waals surface area contributed by atoms with E-state index in [1.807, 2.05) is 25.1 Å². The van der Waals surface area contributed by atoms with Gasteiger partial charge < -0.3 is 4.52 Å². The predicted octanol–water partition coefficient (Wildman–Crippen LogP) is 2.52. The average Bonchev–Trinajstić information content (AvgIpc) is 3.06. The van der Waals surface area contributed by atoms with Crippen LogP contribution in [-0.4, -0.2) is 29.4 Å². The zero-order valence-electron chi connectivity index (χ0n) is 12.9. The molecule has 6 nitrogen and oxygen atoms in total. The van der Waals surface area contributed by atoms with Gasteiger partial charge in [0, 0.05) is 12.2 Å². The minimum atomic E-state index is -3.63. The number of hydrogen-bond acceptors (Lipinski definition) is 5. The van der Waals surface area contributed by atoms with E-state index in [-0.39, 0.29) is 10.9 Å². The maximum Gasteiger partial charge on any atom is 0.249 e. The van der Waals surface area contributed by atoms with E-state index in [4.69, 9.17) is 4.52 Å². The minimum Gasteiger partial charge on any atom is -0.360 e. The standard InChI is InChI=1S/C15H19N3O3S/c1-10-6-4-7-13(16-10)14-8-5-9-18(14)22(19,20)15-11(2)17-21-12(15)3/h4,6-7,14H,5,8-9H2,1-3H3. The van der Waals surface area contributed by atoms with E-state index in [0.717, 1.165) is 24.2 Å². The van der Waals surface area contributed by atoms with Gasteiger partial charge in [-0.1, -0.05) is 11.2 Å². The normalized spacial score (nSPS) is 19.7. The van der Waals surface area contributed by atoms with E-state index in [1.165, 1.54) is 4.31 Å². The Balaban J connectivity index is 2.03. The number of sulfonamides is 1. The van der Waals surface area contributed by atoms with Crippen LogP contribution in [0.25, 0.3) is 0 Å². The summed E-state index contributed by atoms with van der Waals surface area (Å²) in [5.41, 5.74) is 2.09. The van der Waals surface area contributed by atoms with Gasteiger partial charge in [0.1, 0.15) is 10.6 Å². The number of hydrogen-bond donors (Lipinski definition) is 0. The van der Waals surface area contributed by atoms with Crippen LogP contribution in [0, 0.1) is 20.8 Å². The lowest BCUT2D eigenvalue weighted by atomic mass is 10.1. The molecule has 2 aromatic heterocycles. The van der Waals surface area contributed by atoms with Crippen LogP contribution in [0.15, 0.2) is 27.6 Å². The third-order valence-electron chi connectivity index (χ3n) is 3.99. The largest absolute Gasteiger partial charge is 0.360 e. The van der Waals surface area contributed by atoms with Crippen molar-refractivity contribution in [1.29, 1.82) is 0 Å². The summed E-state index contributed by atoms with van der Waals surface area (Å²) >= 11 is 0. The molecule has 0 aliphatic carbocycles. The van der Waals surface area contributed by atoms with Gasteiger partial charge in [0.05, 0.1) is 11.7 Å². The molecule has 1 unspecified atom stereocenters. The summed E-state index contributed by atoms with van der Waals surface area (Å²) in [6.07, 6.45) is 1.60. The Hall–Kier alpha value is -1.73. The van der Waals surface area contributed by atoms with Gasteiger partial charge in [0.2, 0.25) is 10.0 Å². The van der Waals surface area contributed by atoms with Crippen molar-refractivity contribution < 1.29 is 12.9 Å². The third kappa shape index (κ3) is 2.44. The quantitative estimate of drug-likeness (QED) is 0.868. The Kier molecular flexibility index (Phi) is 3.78. The first-order valence-electron chi connectivity index (χ1n) is 7.29. The minimum absolute atomic E-state index is 0.187. The highest BCUT2D eigenvalue weighted by molar-refractivity contribution is 7.89. The molecule has 1 saturated heterocycles. The highest BCUT2D eigenvalue weighted by Gasteiger charge is 2.39. The van der Waals surface area contributed by atoms with Crippen LogP contribution in [0.5, 0.6) is 0 Å². The molecular weight excluding hydrogens is 302 g/mol. The second kappa shape index (κ2) is 5.48. The molecule has 3 rings (SSSR count). The van der Waals surface area contributed by atoms with Gasteiger partial charge in [-0.05, 0) is 45.7 Å². The van der Waals surface area contributed by atoms with Crippen molar-refractivity contribution >= 4 is 10.0 Å². The zero-order chi connectivity index (χ0) is 15.9. The molecule has 1 aliphatic heterocycles. The Morgan fingerprint density at radius 3 is 2.68 bits per heavy atom. The molecular formula is C15H19N3O3S.